The normalized spacial score (nSPS) is 12.7. The van der Waals surface area contributed by atoms with Gasteiger partial charge in [-0.2, -0.15) is 0 Å². The van der Waals surface area contributed by atoms with E-state index >= 15 is 0 Å². The van der Waals surface area contributed by atoms with E-state index in [9.17, 15) is 14.4 Å². The number of allylic oxidation sites excluding steroid dienone is 12. The van der Waals surface area contributed by atoms with Gasteiger partial charge in [0.2, 0.25) is 0 Å². The first-order chi connectivity index (χ1) is 29.5. The van der Waals surface area contributed by atoms with Crippen LogP contribution in [0.3, 0.4) is 0 Å². The van der Waals surface area contributed by atoms with Gasteiger partial charge in [-0.25, -0.2) is 0 Å². The fraction of sp³-hybridized carbons (Fsp3) is 0.722. The van der Waals surface area contributed by atoms with Crippen molar-refractivity contribution < 1.29 is 28.6 Å². The van der Waals surface area contributed by atoms with Crippen LogP contribution in [0.15, 0.2) is 72.9 Å². The molecule has 0 spiro atoms. The zero-order chi connectivity index (χ0) is 43.7. The molecule has 0 aromatic rings. The monoisotopic (exact) mass is 837 g/mol. The van der Waals surface area contributed by atoms with Gasteiger partial charge in [-0.1, -0.05) is 184 Å². The van der Waals surface area contributed by atoms with Crippen molar-refractivity contribution in [3.63, 3.8) is 0 Å². The summed E-state index contributed by atoms with van der Waals surface area (Å²) in [6, 6.07) is 0. The first-order valence-corrected chi connectivity index (χ1v) is 24.9. The number of carbonyl (C=O) groups is 3. The van der Waals surface area contributed by atoms with Gasteiger partial charge in [0.05, 0.1) is 0 Å². The lowest BCUT2D eigenvalue weighted by Gasteiger charge is -2.18. The molecule has 0 amide bonds. The molecule has 0 heterocycles. The predicted octanol–water partition coefficient (Wildman–Crippen LogP) is 16.3. The van der Waals surface area contributed by atoms with Crippen molar-refractivity contribution in [2.24, 2.45) is 0 Å². The lowest BCUT2D eigenvalue weighted by atomic mass is 10.1. The van der Waals surface area contributed by atoms with Crippen LogP contribution in [0.25, 0.3) is 0 Å². The van der Waals surface area contributed by atoms with Gasteiger partial charge in [-0.3, -0.25) is 14.4 Å². The molecule has 344 valence electrons. The van der Waals surface area contributed by atoms with E-state index in [0.29, 0.717) is 19.3 Å². The molecule has 1 atom stereocenters. The zero-order valence-corrected chi connectivity index (χ0v) is 39.2. The molecule has 0 aromatic heterocycles. The number of ether oxygens (including phenoxy) is 3. The van der Waals surface area contributed by atoms with Gasteiger partial charge in [-0.15, -0.1) is 0 Å². The van der Waals surface area contributed by atoms with Crippen molar-refractivity contribution in [3.05, 3.63) is 72.9 Å². The van der Waals surface area contributed by atoms with Crippen LogP contribution < -0.4 is 0 Å². The van der Waals surface area contributed by atoms with E-state index in [1.807, 2.05) is 0 Å². The Kier molecular flexibility index (Phi) is 46.0. The summed E-state index contributed by atoms with van der Waals surface area (Å²) < 4.78 is 16.7. The van der Waals surface area contributed by atoms with Crippen LogP contribution in [0.1, 0.15) is 233 Å². The molecule has 6 nitrogen and oxygen atoms in total. The molecule has 0 N–H and O–H groups in total. The van der Waals surface area contributed by atoms with E-state index in [0.717, 1.165) is 109 Å². The minimum Gasteiger partial charge on any atom is -0.462 e. The van der Waals surface area contributed by atoms with Crippen molar-refractivity contribution in [2.75, 3.05) is 13.2 Å². The maximum atomic E-state index is 12.7. The van der Waals surface area contributed by atoms with Crippen molar-refractivity contribution >= 4 is 17.9 Å². The number of carbonyl (C=O) groups excluding carboxylic acids is 3. The Morgan fingerprint density at radius 2 is 0.667 bits per heavy atom. The summed E-state index contributed by atoms with van der Waals surface area (Å²) >= 11 is 0. The molecule has 0 radical (unpaired) electrons. The fourth-order valence-electron chi connectivity index (χ4n) is 6.64. The molecule has 0 fully saturated rings. The zero-order valence-electron chi connectivity index (χ0n) is 39.2. The van der Waals surface area contributed by atoms with Gasteiger partial charge in [-0.05, 0) is 103 Å². The highest BCUT2D eigenvalue weighted by molar-refractivity contribution is 5.71. The lowest BCUT2D eigenvalue weighted by Crippen LogP contribution is -2.30. The Morgan fingerprint density at radius 1 is 0.350 bits per heavy atom. The smallest absolute Gasteiger partial charge is 0.306 e. The second-order valence-electron chi connectivity index (χ2n) is 16.3. The molecule has 0 saturated carbocycles. The number of hydrogen-bond donors (Lipinski definition) is 0. The van der Waals surface area contributed by atoms with Crippen LogP contribution in [-0.2, 0) is 28.6 Å². The summed E-state index contributed by atoms with van der Waals surface area (Å²) in [5.41, 5.74) is 0. The third-order valence-corrected chi connectivity index (χ3v) is 10.4. The van der Waals surface area contributed by atoms with E-state index < -0.39 is 6.10 Å². The standard InChI is InChI=1S/C54H92O6/c1-4-7-10-13-16-19-22-24-25-26-27-28-29-30-33-35-38-41-44-47-53(56)59-50-51(49-58-52(55)46-43-40-37-34-31-21-18-15-12-9-6-3)60-54(57)48-45-42-39-36-32-23-20-17-14-11-8-5-2/h7,10,15-20,24-25,27-28,51H,4-6,8-9,11-14,21-23,26,29-50H2,1-3H3/b10-7-,18-15-,19-16-,20-17-,25-24-,28-27-. The van der Waals surface area contributed by atoms with Gasteiger partial charge in [0.25, 0.3) is 0 Å². The molecule has 1 unspecified atom stereocenters. The van der Waals surface area contributed by atoms with E-state index in [1.54, 1.807) is 0 Å². The van der Waals surface area contributed by atoms with E-state index in [4.69, 9.17) is 14.2 Å². The highest BCUT2D eigenvalue weighted by atomic mass is 16.6. The van der Waals surface area contributed by atoms with E-state index in [2.05, 4.69) is 93.7 Å². The predicted molar refractivity (Wildman–Crippen MR) is 256 cm³/mol. The maximum absolute atomic E-state index is 12.7. The Labute approximate surface area is 370 Å². The third kappa shape index (κ3) is 45.9. The van der Waals surface area contributed by atoms with E-state index in [1.165, 1.54) is 83.5 Å². The molecule has 0 saturated heterocycles. The summed E-state index contributed by atoms with van der Waals surface area (Å²) in [5, 5.41) is 0. The number of rotatable bonds is 44. The minimum absolute atomic E-state index is 0.0882. The van der Waals surface area contributed by atoms with Gasteiger partial charge in [0.15, 0.2) is 6.10 Å². The average Bonchev–Trinajstić information content (AvgIpc) is 3.24. The number of hydrogen-bond acceptors (Lipinski definition) is 6. The highest BCUT2D eigenvalue weighted by Gasteiger charge is 2.19. The summed E-state index contributed by atoms with van der Waals surface area (Å²) in [5.74, 6) is -0.922. The van der Waals surface area contributed by atoms with Crippen molar-refractivity contribution in [1.29, 1.82) is 0 Å². The molecule has 0 aromatic carbocycles. The molecule has 0 bridgehead atoms. The van der Waals surface area contributed by atoms with Gasteiger partial charge >= 0.3 is 17.9 Å². The van der Waals surface area contributed by atoms with Gasteiger partial charge < -0.3 is 14.2 Å². The van der Waals surface area contributed by atoms with Gasteiger partial charge in [0, 0.05) is 19.3 Å². The quantitative estimate of drug-likeness (QED) is 0.0263. The molecule has 0 rings (SSSR count). The summed E-state index contributed by atoms with van der Waals surface area (Å²) in [4.78, 5) is 37.9. The molecule has 6 heteroatoms. The third-order valence-electron chi connectivity index (χ3n) is 10.4. The Hall–Kier alpha value is -3.15. The van der Waals surface area contributed by atoms with E-state index in [-0.39, 0.29) is 31.1 Å². The molecular weight excluding hydrogens is 745 g/mol. The van der Waals surface area contributed by atoms with Gasteiger partial charge in [0.1, 0.15) is 13.2 Å². The summed E-state index contributed by atoms with van der Waals surface area (Å²) in [7, 11) is 0. The SMILES string of the molecule is CC/C=C\C/C=C\C/C=C\C/C=C\CCCCCCCCC(=O)OCC(COC(=O)CCCCCCC/C=C\CCCC)OC(=O)CCCCCCC/C=C\CCCCC. The Morgan fingerprint density at radius 3 is 1.08 bits per heavy atom. The second-order valence-corrected chi connectivity index (χ2v) is 16.3. The molecule has 60 heavy (non-hydrogen) atoms. The number of esters is 3. The molecule has 0 aliphatic heterocycles. The molecule has 0 aliphatic carbocycles. The van der Waals surface area contributed by atoms with Crippen molar-refractivity contribution in [1.82, 2.24) is 0 Å². The highest BCUT2D eigenvalue weighted by Crippen LogP contribution is 2.13. The fourth-order valence-corrected chi connectivity index (χ4v) is 6.64. The maximum Gasteiger partial charge on any atom is 0.306 e. The Balaban J connectivity index is 4.38. The summed E-state index contributed by atoms with van der Waals surface area (Å²) in [6.07, 6.45) is 60.2. The van der Waals surface area contributed by atoms with Crippen LogP contribution in [0.5, 0.6) is 0 Å². The topological polar surface area (TPSA) is 78.9 Å². The van der Waals surface area contributed by atoms with Crippen LogP contribution in [0.4, 0.5) is 0 Å². The van der Waals surface area contributed by atoms with Crippen molar-refractivity contribution in [3.8, 4) is 0 Å². The van der Waals surface area contributed by atoms with Crippen molar-refractivity contribution in [2.45, 2.75) is 239 Å². The summed E-state index contributed by atoms with van der Waals surface area (Å²) in [6.45, 7) is 6.43. The van der Waals surface area contributed by atoms with Crippen LogP contribution in [-0.4, -0.2) is 37.2 Å². The second kappa shape index (κ2) is 48.5. The largest absolute Gasteiger partial charge is 0.462 e. The minimum atomic E-state index is -0.787. The van der Waals surface area contributed by atoms with Crippen LogP contribution in [0, 0.1) is 0 Å². The van der Waals surface area contributed by atoms with Crippen LogP contribution in [0.2, 0.25) is 0 Å². The number of unbranched alkanes of at least 4 members (excludes halogenated alkanes) is 21. The average molecular weight is 837 g/mol. The molecule has 0 aliphatic rings. The first-order valence-electron chi connectivity index (χ1n) is 24.9. The molecular formula is C54H92O6. The lowest BCUT2D eigenvalue weighted by molar-refractivity contribution is -0.167. The Bertz CT molecular complexity index is 1140. The first kappa shape index (κ1) is 56.9. The van der Waals surface area contributed by atoms with Crippen LogP contribution >= 0.6 is 0 Å².